The van der Waals surface area contributed by atoms with Crippen molar-refractivity contribution >= 4 is 5.71 Å². The lowest BCUT2D eigenvalue weighted by molar-refractivity contribution is 0.235. The molecule has 0 saturated heterocycles. The first-order valence-corrected chi connectivity index (χ1v) is 7.26. The van der Waals surface area contributed by atoms with E-state index in [4.69, 9.17) is 5.10 Å². The van der Waals surface area contributed by atoms with Crippen LogP contribution in [0.1, 0.15) is 29.3 Å². The maximum atomic E-state index is 4.87. The normalized spacial score (nSPS) is 24.3. The van der Waals surface area contributed by atoms with E-state index in [1.165, 1.54) is 29.0 Å². The molecule has 2 unspecified atom stereocenters. The molecule has 4 rings (SSSR count). The highest BCUT2D eigenvalue weighted by Gasteiger charge is 2.40. The van der Waals surface area contributed by atoms with Crippen LogP contribution in [0.3, 0.4) is 0 Å². The van der Waals surface area contributed by atoms with Crippen LogP contribution in [0.4, 0.5) is 0 Å². The Morgan fingerprint density at radius 2 is 1.95 bits per heavy atom. The molecule has 0 N–H and O–H groups in total. The van der Waals surface area contributed by atoms with Crippen LogP contribution in [-0.4, -0.2) is 22.3 Å². The Hall–Kier alpha value is -2.03. The molecule has 1 aromatic heterocycles. The van der Waals surface area contributed by atoms with Gasteiger partial charge in [0, 0.05) is 37.5 Å². The molecule has 0 amide bonds. The molecule has 1 aliphatic carbocycles. The molecule has 102 valence electrons. The monoisotopic (exact) mass is 265 g/mol. The van der Waals surface area contributed by atoms with Crippen molar-refractivity contribution in [2.24, 2.45) is 18.1 Å². The largest absolute Gasteiger partial charge is 0.353 e. The third kappa shape index (κ3) is 1.56. The van der Waals surface area contributed by atoms with Crippen molar-refractivity contribution in [2.45, 2.75) is 18.9 Å². The maximum Gasteiger partial charge on any atom is 0.0951 e. The van der Waals surface area contributed by atoms with Gasteiger partial charge < -0.3 is 4.57 Å². The van der Waals surface area contributed by atoms with Crippen molar-refractivity contribution in [3.63, 3.8) is 0 Å². The molecule has 0 spiro atoms. The fraction of sp³-hybridized carbons (Fsp3) is 0.353. The van der Waals surface area contributed by atoms with E-state index in [1.54, 1.807) is 0 Å². The van der Waals surface area contributed by atoms with Crippen LogP contribution in [0, 0.1) is 5.92 Å². The fourth-order valence-electron chi connectivity index (χ4n) is 3.74. The van der Waals surface area contributed by atoms with Gasteiger partial charge in [-0.25, -0.2) is 0 Å². The van der Waals surface area contributed by atoms with Crippen LogP contribution in [0.15, 0.2) is 47.7 Å². The van der Waals surface area contributed by atoms with E-state index in [2.05, 4.69) is 66.3 Å². The van der Waals surface area contributed by atoms with Crippen LogP contribution in [0.25, 0.3) is 0 Å². The van der Waals surface area contributed by atoms with Gasteiger partial charge in [0.1, 0.15) is 0 Å². The van der Waals surface area contributed by atoms with Crippen LogP contribution < -0.4 is 0 Å². The highest BCUT2D eigenvalue weighted by atomic mass is 15.5. The van der Waals surface area contributed by atoms with Crippen LogP contribution >= 0.6 is 0 Å². The molecule has 2 heterocycles. The van der Waals surface area contributed by atoms with E-state index in [-0.39, 0.29) is 0 Å². The van der Waals surface area contributed by atoms with Gasteiger partial charge in [0.2, 0.25) is 0 Å². The molecule has 1 aromatic carbocycles. The average molecular weight is 265 g/mol. The Bertz CT molecular complexity index is 683. The first kappa shape index (κ1) is 11.8. The number of benzene rings is 1. The zero-order valence-corrected chi connectivity index (χ0v) is 12.0. The summed E-state index contributed by atoms with van der Waals surface area (Å²) in [6.07, 6.45) is 4.47. The Morgan fingerprint density at radius 3 is 2.75 bits per heavy atom. The molecule has 0 saturated carbocycles. The summed E-state index contributed by atoms with van der Waals surface area (Å²) in [5, 5.41) is 7.02. The molecule has 2 aromatic rings. The van der Waals surface area contributed by atoms with E-state index in [1.807, 2.05) is 0 Å². The Labute approximate surface area is 119 Å². The molecule has 0 radical (unpaired) electrons. The summed E-state index contributed by atoms with van der Waals surface area (Å²) in [7, 11) is 4.23. The smallest absolute Gasteiger partial charge is 0.0951 e. The number of aryl methyl sites for hydroxylation is 2. The van der Waals surface area contributed by atoms with E-state index in [0.29, 0.717) is 12.0 Å². The number of hydrogen-bond acceptors (Lipinski definition) is 2. The fourth-order valence-corrected chi connectivity index (χ4v) is 3.74. The number of hydrazone groups is 1. The van der Waals surface area contributed by atoms with Gasteiger partial charge in [-0.2, -0.15) is 5.10 Å². The van der Waals surface area contributed by atoms with Crippen molar-refractivity contribution in [2.75, 3.05) is 7.05 Å². The highest BCUT2D eigenvalue weighted by molar-refractivity contribution is 6.05. The molecule has 0 bridgehead atoms. The van der Waals surface area contributed by atoms with Gasteiger partial charge in [0.25, 0.3) is 0 Å². The van der Waals surface area contributed by atoms with Gasteiger partial charge in [0.05, 0.1) is 11.8 Å². The van der Waals surface area contributed by atoms with E-state index in [0.717, 1.165) is 6.42 Å². The predicted octanol–water partition coefficient (Wildman–Crippen LogP) is 2.98. The van der Waals surface area contributed by atoms with E-state index in [9.17, 15) is 0 Å². The second kappa shape index (κ2) is 4.23. The summed E-state index contributed by atoms with van der Waals surface area (Å²) in [5.41, 5.74) is 5.44. The zero-order chi connectivity index (χ0) is 13.7. The van der Waals surface area contributed by atoms with Crippen molar-refractivity contribution in [3.05, 3.63) is 59.4 Å². The second-order valence-electron chi connectivity index (χ2n) is 5.85. The molecule has 2 aliphatic rings. The van der Waals surface area contributed by atoms with Crippen LogP contribution in [0.5, 0.6) is 0 Å². The predicted molar refractivity (Wildman–Crippen MR) is 80.7 cm³/mol. The van der Waals surface area contributed by atoms with Gasteiger partial charge in [-0.15, -0.1) is 0 Å². The highest BCUT2D eigenvalue weighted by Crippen LogP contribution is 2.42. The standard InChI is InChI=1S/C17H19N3/c1-19-11-5-8-15(19)17-14-10-9-12-6-3-4-7-13(12)16(14)18-20(17)2/h3-8,11,14,17H,9-10H2,1-2H3. The number of hydrogen-bond donors (Lipinski definition) is 0. The first-order chi connectivity index (χ1) is 9.75. The quantitative estimate of drug-likeness (QED) is 0.776. The Morgan fingerprint density at radius 1 is 1.10 bits per heavy atom. The minimum atomic E-state index is 0.373. The second-order valence-corrected chi connectivity index (χ2v) is 5.85. The third-order valence-electron chi connectivity index (χ3n) is 4.71. The maximum absolute atomic E-state index is 4.87. The van der Waals surface area contributed by atoms with Crippen molar-refractivity contribution < 1.29 is 0 Å². The van der Waals surface area contributed by atoms with Crippen LogP contribution in [-0.2, 0) is 13.5 Å². The minimum Gasteiger partial charge on any atom is -0.353 e. The van der Waals surface area contributed by atoms with Gasteiger partial charge in [-0.3, -0.25) is 5.01 Å². The molecule has 1 aliphatic heterocycles. The molecule has 3 heteroatoms. The lowest BCUT2D eigenvalue weighted by atomic mass is 9.78. The lowest BCUT2D eigenvalue weighted by Crippen LogP contribution is -2.28. The van der Waals surface area contributed by atoms with Gasteiger partial charge in [-0.05, 0) is 30.5 Å². The number of aromatic nitrogens is 1. The van der Waals surface area contributed by atoms with E-state index >= 15 is 0 Å². The number of fused-ring (bicyclic) bond motifs is 3. The molecule has 20 heavy (non-hydrogen) atoms. The topological polar surface area (TPSA) is 20.5 Å². The summed E-state index contributed by atoms with van der Waals surface area (Å²) in [6, 6.07) is 13.4. The summed E-state index contributed by atoms with van der Waals surface area (Å²) < 4.78 is 2.22. The van der Waals surface area contributed by atoms with Gasteiger partial charge in [0.15, 0.2) is 0 Å². The summed E-state index contributed by atoms with van der Waals surface area (Å²) in [4.78, 5) is 0. The zero-order valence-electron chi connectivity index (χ0n) is 12.0. The van der Waals surface area contributed by atoms with Gasteiger partial charge >= 0.3 is 0 Å². The lowest BCUT2D eigenvalue weighted by Gasteiger charge is -2.29. The first-order valence-electron chi connectivity index (χ1n) is 7.26. The summed E-state index contributed by atoms with van der Waals surface area (Å²) >= 11 is 0. The Kier molecular flexibility index (Phi) is 2.49. The molecular weight excluding hydrogens is 246 g/mol. The van der Waals surface area contributed by atoms with E-state index < -0.39 is 0 Å². The van der Waals surface area contributed by atoms with Crippen LogP contribution in [0.2, 0.25) is 0 Å². The molecule has 3 nitrogen and oxygen atoms in total. The minimum absolute atomic E-state index is 0.373. The molecule has 2 atom stereocenters. The third-order valence-corrected chi connectivity index (χ3v) is 4.71. The SMILES string of the molecule is CN1N=C2c3ccccc3CCC2C1c1cccn1C. The summed E-state index contributed by atoms with van der Waals surface area (Å²) in [5.74, 6) is 0.517. The Balaban J connectivity index is 1.79. The van der Waals surface area contributed by atoms with Crippen molar-refractivity contribution in [3.8, 4) is 0 Å². The molecule has 0 fully saturated rings. The number of rotatable bonds is 1. The van der Waals surface area contributed by atoms with Gasteiger partial charge in [-0.1, -0.05) is 24.3 Å². The average Bonchev–Trinajstić information content (AvgIpc) is 3.01. The van der Waals surface area contributed by atoms with Crippen molar-refractivity contribution in [1.82, 2.24) is 9.58 Å². The molecular formula is C17H19N3. The number of nitrogens with zero attached hydrogens (tertiary/aromatic N) is 3. The summed E-state index contributed by atoms with van der Waals surface area (Å²) in [6.45, 7) is 0. The van der Waals surface area contributed by atoms with Crippen molar-refractivity contribution in [1.29, 1.82) is 0 Å².